The first kappa shape index (κ1) is 42.9. The Bertz CT molecular complexity index is 3580. The van der Waals surface area contributed by atoms with Gasteiger partial charge >= 0.3 is 0 Å². The number of rotatable bonds is 4. The molecule has 5 aromatic carbocycles. The number of allylic oxidation sites excluding steroid dienone is 6. The fraction of sp³-hybridized carbons (Fsp3) is 0. The summed E-state index contributed by atoms with van der Waals surface area (Å²) in [5, 5.41) is 50.1. The van der Waals surface area contributed by atoms with E-state index in [1.54, 1.807) is 24.3 Å². The van der Waals surface area contributed by atoms with E-state index in [0.29, 0.717) is 6.07 Å². The zero-order valence-electron chi connectivity index (χ0n) is 31.5. The van der Waals surface area contributed by atoms with Crippen LogP contribution in [0, 0.1) is 129 Å². The van der Waals surface area contributed by atoms with E-state index in [9.17, 15) is 26.3 Å². The van der Waals surface area contributed by atoms with Crippen molar-refractivity contribution in [2.75, 3.05) is 0 Å². The second kappa shape index (κ2) is 16.0. The van der Waals surface area contributed by atoms with E-state index in [-0.39, 0.29) is 28.1 Å². The van der Waals surface area contributed by atoms with E-state index >= 15 is 39.5 Å². The Hall–Kier alpha value is -10.2. The second-order valence-electron chi connectivity index (χ2n) is 13.4. The van der Waals surface area contributed by atoms with E-state index < -0.39 is 142 Å². The van der Waals surface area contributed by atoms with Gasteiger partial charge in [-0.1, -0.05) is 12.1 Å². The molecular weight excluding hydrogens is 862 g/mol. The summed E-state index contributed by atoms with van der Waals surface area (Å²) in [5.74, 6) is -20.1. The van der Waals surface area contributed by atoms with Gasteiger partial charge in [-0.2, -0.15) is 26.3 Å². The van der Waals surface area contributed by atoms with Crippen molar-refractivity contribution < 1.29 is 39.5 Å². The van der Waals surface area contributed by atoms with Crippen LogP contribution in [-0.2, 0) is 0 Å². The lowest BCUT2D eigenvalue weighted by molar-refractivity contribution is 0.447. The van der Waals surface area contributed by atoms with Crippen molar-refractivity contribution in [1.29, 1.82) is 26.3 Å². The number of nitriles is 5. The third kappa shape index (κ3) is 6.28. The fourth-order valence-corrected chi connectivity index (χ4v) is 7.46. The predicted octanol–water partition coefficient (Wildman–Crippen LogP) is 12.6. The molecule has 18 heteroatoms. The molecule has 0 heterocycles. The van der Waals surface area contributed by atoms with Crippen molar-refractivity contribution >= 4 is 62.0 Å². The lowest BCUT2D eigenvalue weighted by atomic mass is 9.87. The van der Waals surface area contributed by atoms with Crippen LogP contribution in [0.1, 0.15) is 61.2 Å². The maximum atomic E-state index is 17.5. The minimum atomic E-state index is -2.33. The van der Waals surface area contributed by atoms with Crippen molar-refractivity contribution in [3.63, 3.8) is 0 Å². The highest BCUT2D eigenvalue weighted by Crippen LogP contribution is 2.58. The SMILES string of the molecule is [C-]#[N+]/C(=C1/C(c2c(F)c(F)c(C#N)c(F)c2F)=C(F)c2cc3c(cc21)C(C#N)=C(c1c(F)c(F)c([N+]#[C-])c(F)c1F)/C3=C(/C#N)c1cc(C#N)cc([N+]#[C-])c1)c1cc(C#N)cc([N+]#[C-])c1. The molecule has 0 amide bonds. The molecule has 0 saturated heterocycles. The van der Waals surface area contributed by atoms with Crippen LogP contribution in [0.25, 0.3) is 64.3 Å². The Kier molecular flexibility index (Phi) is 10.6. The molecule has 0 radical (unpaired) electrons. The van der Waals surface area contributed by atoms with E-state index in [0.717, 1.165) is 48.5 Å². The molecule has 0 bridgehead atoms. The summed E-state index contributed by atoms with van der Waals surface area (Å²) in [7, 11) is 0. The molecule has 7 rings (SSSR count). The van der Waals surface area contributed by atoms with Gasteiger partial charge in [0.2, 0.25) is 5.70 Å². The molecule has 304 valence electrons. The van der Waals surface area contributed by atoms with Crippen LogP contribution >= 0.6 is 0 Å². The maximum absolute atomic E-state index is 17.5. The molecule has 65 heavy (non-hydrogen) atoms. The van der Waals surface area contributed by atoms with Gasteiger partial charge in [-0.05, 0) is 64.2 Å². The summed E-state index contributed by atoms with van der Waals surface area (Å²) < 4.78 is 143. The van der Waals surface area contributed by atoms with Crippen LogP contribution in [0.3, 0.4) is 0 Å². The highest BCUT2D eigenvalue weighted by Gasteiger charge is 2.42. The highest BCUT2D eigenvalue weighted by molar-refractivity contribution is 6.33. The van der Waals surface area contributed by atoms with Crippen molar-refractivity contribution in [3.05, 3.63) is 202 Å². The molecule has 0 N–H and O–H groups in total. The summed E-state index contributed by atoms with van der Waals surface area (Å²) in [6, 6.07) is 15.3. The summed E-state index contributed by atoms with van der Waals surface area (Å²) in [6.07, 6.45) is 0. The number of hydrogen-bond acceptors (Lipinski definition) is 5. The molecule has 0 spiro atoms. The summed E-state index contributed by atoms with van der Waals surface area (Å²) in [5.41, 5.74) is -18.5. The minimum absolute atomic E-state index is 0.274. The van der Waals surface area contributed by atoms with Gasteiger partial charge in [0.05, 0.1) is 60.7 Å². The number of fused-ring (bicyclic) bond motifs is 2. The van der Waals surface area contributed by atoms with E-state index in [2.05, 4.69) is 19.4 Å². The van der Waals surface area contributed by atoms with Crippen molar-refractivity contribution in [2.24, 2.45) is 0 Å². The third-order valence-corrected chi connectivity index (χ3v) is 10.1. The summed E-state index contributed by atoms with van der Waals surface area (Å²) >= 11 is 0. The first-order chi connectivity index (χ1) is 31.1. The van der Waals surface area contributed by atoms with Gasteiger partial charge in [-0.15, -0.1) is 0 Å². The molecule has 0 aliphatic heterocycles. The predicted molar refractivity (Wildman–Crippen MR) is 211 cm³/mol. The standard InChI is InChI=1S/C47H8F9N9/c1-62-22-7-18(13-57)5-20(9-22)28(15-59)31-25-12-27-26(11-24(25)29(16-60)32(31)35-42(53)44(55)47(65-4)45(56)43(35)54)33(46(64-3)21-6-19(14-58)8-23(10-21)63-2)34(37(27)48)36-40(51)38(49)30(17-61)39(50)41(36)52/h5-12H/b31-28-,46-33+. The van der Waals surface area contributed by atoms with Crippen LogP contribution in [0.5, 0.6) is 0 Å². The number of halogens is 9. The maximum Gasteiger partial charge on any atom is 0.262 e. The van der Waals surface area contributed by atoms with Crippen LogP contribution in [-0.4, -0.2) is 0 Å². The van der Waals surface area contributed by atoms with Gasteiger partial charge in [0, 0.05) is 39.0 Å². The molecule has 2 aliphatic carbocycles. The molecule has 2 aliphatic rings. The van der Waals surface area contributed by atoms with Gasteiger partial charge in [0.25, 0.3) is 5.69 Å². The smallest absolute Gasteiger partial charge is 0.238 e. The first-order valence-corrected chi connectivity index (χ1v) is 17.5. The highest BCUT2D eigenvalue weighted by atomic mass is 19.2. The molecule has 0 saturated carbocycles. The zero-order valence-corrected chi connectivity index (χ0v) is 31.5. The van der Waals surface area contributed by atoms with Gasteiger partial charge in [0.15, 0.2) is 57.9 Å². The van der Waals surface area contributed by atoms with Gasteiger partial charge in [-0.25, -0.2) is 58.9 Å². The summed E-state index contributed by atoms with van der Waals surface area (Å²) in [4.78, 5) is 12.3. The van der Waals surface area contributed by atoms with Crippen molar-refractivity contribution in [2.45, 2.75) is 0 Å². The van der Waals surface area contributed by atoms with E-state index in [4.69, 9.17) is 26.3 Å². The van der Waals surface area contributed by atoms with E-state index in [1.165, 1.54) is 0 Å². The normalized spacial score (nSPS) is 13.7. The van der Waals surface area contributed by atoms with Crippen LogP contribution in [0.2, 0.25) is 0 Å². The quantitative estimate of drug-likeness (QED) is 0.0766. The first-order valence-electron chi connectivity index (χ1n) is 17.5. The lowest BCUT2D eigenvalue weighted by Gasteiger charge is -2.16. The molecule has 9 nitrogen and oxygen atoms in total. The molecule has 5 aromatic rings. The molecular formula is C47H8F9N9. The lowest BCUT2D eigenvalue weighted by Crippen LogP contribution is -2.07. The molecule has 0 aromatic heterocycles. The monoisotopic (exact) mass is 869 g/mol. The van der Waals surface area contributed by atoms with Crippen molar-refractivity contribution in [3.8, 4) is 30.3 Å². The number of nitrogens with zero attached hydrogens (tertiary/aromatic N) is 9. The Morgan fingerprint density at radius 1 is 0.462 bits per heavy atom. The van der Waals surface area contributed by atoms with Crippen LogP contribution < -0.4 is 0 Å². The van der Waals surface area contributed by atoms with Crippen LogP contribution in [0.15, 0.2) is 48.5 Å². The van der Waals surface area contributed by atoms with Gasteiger partial charge in [0.1, 0.15) is 29.6 Å². The number of benzene rings is 5. The number of hydrogen-bond donors (Lipinski definition) is 0. The largest absolute Gasteiger partial charge is 0.262 e. The van der Waals surface area contributed by atoms with Gasteiger partial charge in [-0.3, -0.25) is 0 Å². The third-order valence-electron chi connectivity index (χ3n) is 10.1. The Morgan fingerprint density at radius 3 is 1.43 bits per heavy atom. The fourth-order valence-electron chi connectivity index (χ4n) is 7.46. The Balaban J connectivity index is 1.74. The van der Waals surface area contributed by atoms with Gasteiger partial charge < -0.3 is 0 Å². The molecule has 0 fully saturated rings. The molecule has 0 unspecified atom stereocenters. The average molecular weight is 870 g/mol. The van der Waals surface area contributed by atoms with Crippen LogP contribution in [0.4, 0.5) is 56.6 Å². The molecule has 0 atom stereocenters. The Morgan fingerprint density at radius 2 is 0.954 bits per heavy atom. The minimum Gasteiger partial charge on any atom is -0.238 e. The van der Waals surface area contributed by atoms with Crippen molar-refractivity contribution in [1.82, 2.24) is 0 Å². The average Bonchev–Trinajstić information content (AvgIpc) is 3.77. The Labute approximate surface area is 359 Å². The van der Waals surface area contributed by atoms with E-state index in [1.807, 2.05) is 0 Å². The topological polar surface area (TPSA) is 136 Å². The second-order valence-corrected chi connectivity index (χ2v) is 13.4. The summed E-state index contributed by atoms with van der Waals surface area (Å²) in [6.45, 7) is 30.2. The zero-order chi connectivity index (χ0) is 47.3.